The van der Waals surface area contributed by atoms with E-state index in [1.807, 2.05) is 6.07 Å². The van der Waals surface area contributed by atoms with E-state index in [0.717, 1.165) is 18.8 Å². The molecular formula is C16H16N4. The van der Waals surface area contributed by atoms with E-state index in [1.54, 1.807) is 18.3 Å². The highest BCUT2D eigenvalue weighted by Crippen LogP contribution is 2.33. The monoisotopic (exact) mass is 264 g/mol. The summed E-state index contributed by atoms with van der Waals surface area (Å²) in [6.45, 7) is 1.35. The molecule has 0 radical (unpaired) electrons. The van der Waals surface area contributed by atoms with Crippen molar-refractivity contribution in [2.75, 3.05) is 18.0 Å². The van der Waals surface area contributed by atoms with E-state index in [-0.39, 0.29) is 6.04 Å². The van der Waals surface area contributed by atoms with Crippen molar-refractivity contribution in [3.8, 4) is 6.07 Å². The molecule has 100 valence electrons. The third-order valence-corrected chi connectivity index (χ3v) is 3.81. The van der Waals surface area contributed by atoms with Crippen LogP contribution in [0.1, 0.15) is 22.7 Å². The van der Waals surface area contributed by atoms with Gasteiger partial charge >= 0.3 is 0 Å². The van der Waals surface area contributed by atoms with Crippen LogP contribution in [-0.4, -0.2) is 18.1 Å². The first-order chi connectivity index (χ1) is 9.85. The third-order valence-electron chi connectivity index (χ3n) is 3.81. The van der Waals surface area contributed by atoms with Gasteiger partial charge in [0.25, 0.3) is 0 Å². The van der Waals surface area contributed by atoms with Crippen molar-refractivity contribution in [2.45, 2.75) is 12.5 Å². The van der Waals surface area contributed by atoms with Crippen molar-refractivity contribution in [3.63, 3.8) is 0 Å². The van der Waals surface area contributed by atoms with Gasteiger partial charge in [-0.25, -0.2) is 4.98 Å². The summed E-state index contributed by atoms with van der Waals surface area (Å²) in [6.07, 6.45) is 2.68. The van der Waals surface area contributed by atoms with Crippen LogP contribution in [0.4, 0.5) is 5.82 Å². The Bertz CT molecular complexity index is 660. The Morgan fingerprint density at radius 3 is 2.95 bits per heavy atom. The van der Waals surface area contributed by atoms with Crippen LogP contribution in [0.15, 0.2) is 42.6 Å². The summed E-state index contributed by atoms with van der Waals surface area (Å²) in [6, 6.07) is 14.3. The molecule has 1 atom stereocenters. The SMILES string of the molecule is N#Cc1cccnc1N1CCc2ccccc2C1CN. The fraction of sp³-hybridized carbons (Fsp3) is 0.250. The van der Waals surface area contributed by atoms with Crippen LogP contribution < -0.4 is 10.6 Å². The molecule has 0 saturated heterocycles. The predicted octanol–water partition coefficient (Wildman–Crippen LogP) is 2.02. The standard InChI is InChI=1S/C16H16N4/c17-10-13-5-3-8-19-16(13)20-9-7-12-4-1-2-6-14(12)15(20)11-18/h1-6,8,15H,7,9,11,18H2. The Morgan fingerprint density at radius 1 is 1.30 bits per heavy atom. The van der Waals surface area contributed by atoms with Gasteiger partial charge in [-0.1, -0.05) is 24.3 Å². The second-order valence-corrected chi connectivity index (χ2v) is 4.88. The summed E-state index contributed by atoms with van der Waals surface area (Å²) in [7, 11) is 0. The number of nitriles is 1. The van der Waals surface area contributed by atoms with Crippen molar-refractivity contribution in [1.29, 1.82) is 5.26 Å². The number of benzene rings is 1. The summed E-state index contributed by atoms with van der Waals surface area (Å²) in [5.74, 6) is 0.736. The molecule has 4 heteroatoms. The lowest BCUT2D eigenvalue weighted by molar-refractivity contribution is 0.583. The van der Waals surface area contributed by atoms with E-state index < -0.39 is 0 Å². The largest absolute Gasteiger partial charge is 0.347 e. The molecule has 4 nitrogen and oxygen atoms in total. The number of hydrogen-bond acceptors (Lipinski definition) is 4. The van der Waals surface area contributed by atoms with Crippen molar-refractivity contribution in [2.24, 2.45) is 5.73 Å². The third kappa shape index (κ3) is 2.02. The molecular weight excluding hydrogens is 248 g/mol. The average Bonchev–Trinajstić information content (AvgIpc) is 2.53. The molecule has 0 fully saturated rings. The van der Waals surface area contributed by atoms with E-state index in [1.165, 1.54) is 11.1 Å². The maximum absolute atomic E-state index is 9.26. The van der Waals surface area contributed by atoms with Crippen LogP contribution in [0.5, 0.6) is 0 Å². The zero-order valence-electron chi connectivity index (χ0n) is 11.2. The molecule has 20 heavy (non-hydrogen) atoms. The van der Waals surface area contributed by atoms with Gasteiger partial charge < -0.3 is 10.6 Å². The minimum Gasteiger partial charge on any atom is -0.347 e. The van der Waals surface area contributed by atoms with Gasteiger partial charge in [0.2, 0.25) is 0 Å². The fourth-order valence-electron chi connectivity index (χ4n) is 2.87. The molecule has 1 unspecified atom stereocenters. The second-order valence-electron chi connectivity index (χ2n) is 4.88. The number of fused-ring (bicyclic) bond motifs is 1. The first-order valence-corrected chi connectivity index (χ1v) is 6.74. The molecule has 0 saturated carbocycles. The van der Waals surface area contributed by atoms with Crippen LogP contribution in [0, 0.1) is 11.3 Å². The van der Waals surface area contributed by atoms with Gasteiger partial charge in [0.15, 0.2) is 0 Å². The molecule has 1 aliphatic rings. The minimum atomic E-state index is 0.0851. The number of rotatable bonds is 2. The number of nitrogens with two attached hydrogens (primary N) is 1. The van der Waals surface area contributed by atoms with E-state index in [2.05, 4.69) is 34.2 Å². The van der Waals surface area contributed by atoms with Gasteiger partial charge in [0.1, 0.15) is 11.9 Å². The molecule has 2 aromatic rings. The Balaban J connectivity index is 2.06. The number of anilines is 1. The number of nitrogens with zero attached hydrogens (tertiary/aromatic N) is 3. The molecule has 0 spiro atoms. The Labute approximate surface area is 118 Å². The van der Waals surface area contributed by atoms with Crippen molar-refractivity contribution in [1.82, 2.24) is 4.98 Å². The molecule has 0 amide bonds. The van der Waals surface area contributed by atoms with Gasteiger partial charge in [0, 0.05) is 19.3 Å². The summed E-state index contributed by atoms with van der Waals surface area (Å²) in [5, 5.41) is 9.26. The highest BCUT2D eigenvalue weighted by molar-refractivity contribution is 5.57. The molecule has 0 aliphatic carbocycles. The van der Waals surface area contributed by atoms with Gasteiger partial charge in [-0.3, -0.25) is 0 Å². The van der Waals surface area contributed by atoms with Crippen molar-refractivity contribution in [3.05, 3.63) is 59.3 Å². The molecule has 0 bridgehead atoms. The molecule has 2 heterocycles. The van der Waals surface area contributed by atoms with Crippen LogP contribution in [-0.2, 0) is 6.42 Å². The van der Waals surface area contributed by atoms with Crippen molar-refractivity contribution < 1.29 is 0 Å². The van der Waals surface area contributed by atoms with Crippen LogP contribution in [0.3, 0.4) is 0 Å². The maximum Gasteiger partial charge on any atom is 0.147 e. The van der Waals surface area contributed by atoms with Crippen molar-refractivity contribution >= 4 is 5.82 Å². The normalized spacial score (nSPS) is 17.4. The highest BCUT2D eigenvalue weighted by atomic mass is 15.2. The quantitative estimate of drug-likeness (QED) is 0.901. The number of aromatic nitrogens is 1. The lowest BCUT2D eigenvalue weighted by Gasteiger charge is -2.37. The Morgan fingerprint density at radius 2 is 2.15 bits per heavy atom. The molecule has 3 rings (SSSR count). The first-order valence-electron chi connectivity index (χ1n) is 6.74. The number of hydrogen-bond donors (Lipinski definition) is 1. The average molecular weight is 264 g/mol. The van der Waals surface area contributed by atoms with Crippen LogP contribution in [0.25, 0.3) is 0 Å². The van der Waals surface area contributed by atoms with Crippen LogP contribution >= 0.6 is 0 Å². The van der Waals surface area contributed by atoms with Gasteiger partial charge in [-0.2, -0.15) is 5.26 Å². The van der Waals surface area contributed by atoms with E-state index in [9.17, 15) is 5.26 Å². The highest BCUT2D eigenvalue weighted by Gasteiger charge is 2.28. The molecule has 2 N–H and O–H groups in total. The smallest absolute Gasteiger partial charge is 0.147 e. The predicted molar refractivity (Wildman–Crippen MR) is 78.2 cm³/mol. The van der Waals surface area contributed by atoms with Crippen LogP contribution in [0.2, 0.25) is 0 Å². The van der Waals surface area contributed by atoms with Gasteiger partial charge in [0.05, 0.1) is 11.6 Å². The second kappa shape index (κ2) is 5.32. The Hall–Kier alpha value is -2.38. The Kier molecular flexibility index (Phi) is 3.36. The zero-order valence-corrected chi connectivity index (χ0v) is 11.2. The number of pyridine rings is 1. The maximum atomic E-state index is 9.26. The minimum absolute atomic E-state index is 0.0851. The molecule has 1 aromatic carbocycles. The van der Waals surface area contributed by atoms with Gasteiger partial charge in [-0.05, 0) is 29.7 Å². The summed E-state index contributed by atoms with van der Waals surface area (Å²) < 4.78 is 0. The summed E-state index contributed by atoms with van der Waals surface area (Å²) in [4.78, 5) is 6.55. The zero-order chi connectivity index (χ0) is 13.9. The van der Waals surface area contributed by atoms with Gasteiger partial charge in [-0.15, -0.1) is 0 Å². The lowest BCUT2D eigenvalue weighted by atomic mass is 9.92. The molecule has 1 aliphatic heterocycles. The van der Waals surface area contributed by atoms with E-state index in [0.29, 0.717) is 12.1 Å². The lowest BCUT2D eigenvalue weighted by Crippen LogP contribution is -2.40. The van der Waals surface area contributed by atoms with E-state index >= 15 is 0 Å². The first kappa shape index (κ1) is 12.6. The topological polar surface area (TPSA) is 65.9 Å². The fourth-order valence-corrected chi connectivity index (χ4v) is 2.87. The summed E-state index contributed by atoms with van der Waals surface area (Å²) >= 11 is 0. The van der Waals surface area contributed by atoms with E-state index in [4.69, 9.17) is 5.73 Å². The molecule has 1 aromatic heterocycles. The summed E-state index contributed by atoms with van der Waals surface area (Å²) in [5.41, 5.74) is 9.17.